The van der Waals surface area contributed by atoms with Crippen LogP contribution in [0, 0.1) is 0 Å². The van der Waals surface area contributed by atoms with Crippen molar-refractivity contribution in [3.8, 4) is 0 Å². The van der Waals surface area contributed by atoms with E-state index in [1.807, 2.05) is 0 Å². The van der Waals surface area contributed by atoms with E-state index in [1.165, 1.54) is 41.6 Å². The summed E-state index contributed by atoms with van der Waals surface area (Å²) >= 11 is 12.3. The number of carbonyl (C=O) groups is 2. The number of carbonyl (C=O) groups excluding carboxylic acids is 2. The van der Waals surface area contributed by atoms with E-state index < -0.39 is 15.9 Å². The standard InChI is InChI=1S/C19H19Cl2N3O5S/c1-12(25)22-13-2-5-18(17(21)10-13)23-19(26)15-11-14(3-4-16(15)20)30(27,28)24-6-8-29-9-7-24/h2-5,10-11H,6-9H2,1H3,(H,22,25)(H,23,26). The summed E-state index contributed by atoms with van der Waals surface area (Å²) in [4.78, 5) is 23.9. The summed E-state index contributed by atoms with van der Waals surface area (Å²) in [7, 11) is -3.78. The van der Waals surface area contributed by atoms with Crippen LogP contribution in [-0.4, -0.2) is 50.8 Å². The van der Waals surface area contributed by atoms with Gasteiger partial charge in [0.25, 0.3) is 5.91 Å². The number of nitrogens with one attached hydrogen (secondary N) is 2. The Morgan fingerprint density at radius 3 is 2.33 bits per heavy atom. The summed E-state index contributed by atoms with van der Waals surface area (Å²) in [6, 6.07) is 8.55. The van der Waals surface area contributed by atoms with Crippen LogP contribution in [0.1, 0.15) is 17.3 Å². The minimum Gasteiger partial charge on any atom is -0.379 e. The van der Waals surface area contributed by atoms with Gasteiger partial charge in [0, 0.05) is 25.7 Å². The predicted molar refractivity (Wildman–Crippen MR) is 115 cm³/mol. The van der Waals surface area contributed by atoms with Crippen LogP contribution in [0.3, 0.4) is 0 Å². The van der Waals surface area contributed by atoms with Crippen molar-refractivity contribution in [2.24, 2.45) is 0 Å². The number of benzene rings is 2. The number of amides is 2. The number of anilines is 2. The lowest BCUT2D eigenvalue weighted by molar-refractivity contribution is -0.114. The fourth-order valence-electron chi connectivity index (χ4n) is 2.86. The largest absolute Gasteiger partial charge is 0.379 e. The quantitative estimate of drug-likeness (QED) is 0.696. The van der Waals surface area contributed by atoms with Crippen molar-refractivity contribution in [3.63, 3.8) is 0 Å². The van der Waals surface area contributed by atoms with E-state index in [9.17, 15) is 18.0 Å². The Morgan fingerprint density at radius 2 is 1.70 bits per heavy atom. The van der Waals surface area contributed by atoms with Gasteiger partial charge in [-0.05, 0) is 36.4 Å². The molecule has 0 unspecified atom stereocenters. The van der Waals surface area contributed by atoms with Gasteiger partial charge in [-0.2, -0.15) is 4.31 Å². The first-order valence-corrected chi connectivity index (χ1v) is 11.1. The first-order chi connectivity index (χ1) is 14.2. The van der Waals surface area contributed by atoms with Crippen LogP contribution in [0.2, 0.25) is 10.0 Å². The van der Waals surface area contributed by atoms with Crippen LogP contribution >= 0.6 is 23.2 Å². The fraction of sp³-hybridized carbons (Fsp3) is 0.263. The highest BCUT2D eigenvalue weighted by atomic mass is 35.5. The molecule has 0 saturated carbocycles. The smallest absolute Gasteiger partial charge is 0.257 e. The Balaban J connectivity index is 1.84. The molecular formula is C19H19Cl2N3O5S. The van der Waals surface area contributed by atoms with E-state index in [0.29, 0.717) is 18.9 Å². The molecule has 160 valence electrons. The molecule has 0 bridgehead atoms. The SMILES string of the molecule is CC(=O)Nc1ccc(NC(=O)c2cc(S(=O)(=O)N3CCOCC3)ccc2Cl)c(Cl)c1. The summed E-state index contributed by atoms with van der Waals surface area (Å²) < 4.78 is 32.2. The number of rotatable bonds is 5. The molecule has 0 radical (unpaired) electrons. The molecular weight excluding hydrogens is 453 g/mol. The molecule has 1 saturated heterocycles. The second-order valence-electron chi connectivity index (χ2n) is 6.49. The monoisotopic (exact) mass is 471 g/mol. The molecule has 2 amide bonds. The minimum atomic E-state index is -3.78. The second kappa shape index (κ2) is 9.32. The molecule has 0 atom stereocenters. The Bertz CT molecular complexity index is 1090. The summed E-state index contributed by atoms with van der Waals surface area (Å²) in [5.41, 5.74) is 0.753. The van der Waals surface area contributed by atoms with E-state index >= 15 is 0 Å². The second-order valence-corrected chi connectivity index (χ2v) is 9.24. The summed E-state index contributed by atoms with van der Waals surface area (Å²) in [5.74, 6) is -0.874. The molecule has 0 aliphatic carbocycles. The van der Waals surface area contributed by atoms with Gasteiger partial charge < -0.3 is 15.4 Å². The maximum Gasteiger partial charge on any atom is 0.257 e. The molecule has 1 aliphatic rings. The maximum absolute atomic E-state index is 12.9. The molecule has 30 heavy (non-hydrogen) atoms. The molecule has 3 rings (SSSR count). The van der Waals surface area contributed by atoms with Crippen LogP contribution in [-0.2, 0) is 19.6 Å². The molecule has 2 aromatic carbocycles. The Hall–Kier alpha value is -2.17. The minimum absolute atomic E-state index is 0.00648. The molecule has 0 spiro atoms. The third kappa shape index (κ3) is 5.11. The summed E-state index contributed by atoms with van der Waals surface area (Å²) in [5, 5.41) is 5.49. The molecule has 11 heteroatoms. The first-order valence-electron chi connectivity index (χ1n) is 8.94. The number of sulfonamides is 1. The van der Waals surface area contributed by atoms with Crippen LogP contribution in [0.4, 0.5) is 11.4 Å². The normalized spacial score (nSPS) is 14.9. The summed E-state index contributed by atoms with van der Waals surface area (Å²) in [6.45, 7) is 2.47. The molecule has 1 aliphatic heterocycles. The molecule has 1 heterocycles. The number of ether oxygens (including phenoxy) is 1. The van der Waals surface area contributed by atoms with E-state index in [0.717, 1.165) is 0 Å². The lowest BCUT2D eigenvalue weighted by atomic mass is 10.2. The van der Waals surface area contributed by atoms with E-state index in [-0.39, 0.29) is 45.2 Å². The molecule has 8 nitrogen and oxygen atoms in total. The van der Waals surface area contributed by atoms with E-state index in [4.69, 9.17) is 27.9 Å². The highest BCUT2D eigenvalue weighted by Crippen LogP contribution is 2.28. The first kappa shape index (κ1) is 22.5. The number of hydrogen-bond donors (Lipinski definition) is 2. The highest BCUT2D eigenvalue weighted by molar-refractivity contribution is 7.89. The van der Waals surface area contributed by atoms with Crippen molar-refractivity contribution in [1.82, 2.24) is 4.31 Å². The van der Waals surface area contributed by atoms with Gasteiger partial charge in [-0.25, -0.2) is 8.42 Å². The third-order valence-corrected chi connectivity index (χ3v) is 6.86. The third-order valence-electron chi connectivity index (χ3n) is 4.33. The Morgan fingerprint density at radius 1 is 1.00 bits per heavy atom. The van der Waals surface area contributed by atoms with Gasteiger partial charge in [0.05, 0.1) is 39.4 Å². The zero-order chi connectivity index (χ0) is 21.9. The van der Waals surface area contributed by atoms with Crippen LogP contribution in [0.5, 0.6) is 0 Å². The molecule has 0 aromatic heterocycles. The Kier molecular flexibility index (Phi) is 6.99. The number of morpholine rings is 1. The van der Waals surface area contributed by atoms with E-state index in [2.05, 4.69) is 10.6 Å². The van der Waals surface area contributed by atoms with Gasteiger partial charge in [0.1, 0.15) is 0 Å². The van der Waals surface area contributed by atoms with Crippen molar-refractivity contribution in [2.75, 3.05) is 36.9 Å². The van der Waals surface area contributed by atoms with Crippen molar-refractivity contribution in [1.29, 1.82) is 0 Å². The molecule has 2 aromatic rings. The predicted octanol–water partition coefficient (Wildman–Crippen LogP) is 3.23. The van der Waals surface area contributed by atoms with Gasteiger partial charge in [0.15, 0.2) is 0 Å². The van der Waals surface area contributed by atoms with Crippen LogP contribution in [0.15, 0.2) is 41.3 Å². The highest BCUT2D eigenvalue weighted by Gasteiger charge is 2.27. The topological polar surface area (TPSA) is 105 Å². The Labute approximate surface area is 184 Å². The van der Waals surface area contributed by atoms with Crippen molar-refractivity contribution in [3.05, 3.63) is 52.0 Å². The maximum atomic E-state index is 12.9. The van der Waals surface area contributed by atoms with Crippen molar-refractivity contribution >= 4 is 56.4 Å². The van der Waals surface area contributed by atoms with Crippen molar-refractivity contribution in [2.45, 2.75) is 11.8 Å². The van der Waals surface area contributed by atoms with Gasteiger partial charge in [-0.3, -0.25) is 9.59 Å². The average molecular weight is 472 g/mol. The van der Waals surface area contributed by atoms with Gasteiger partial charge in [0.2, 0.25) is 15.9 Å². The van der Waals surface area contributed by atoms with Crippen molar-refractivity contribution < 1.29 is 22.7 Å². The van der Waals surface area contributed by atoms with Gasteiger partial charge >= 0.3 is 0 Å². The number of nitrogens with zero attached hydrogens (tertiary/aromatic N) is 1. The number of halogens is 2. The molecule has 2 N–H and O–H groups in total. The summed E-state index contributed by atoms with van der Waals surface area (Å²) in [6.07, 6.45) is 0. The fourth-order valence-corrected chi connectivity index (χ4v) is 4.73. The lowest BCUT2D eigenvalue weighted by Gasteiger charge is -2.26. The van der Waals surface area contributed by atoms with Gasteiger partial charge in [-0.15, -0.1) is 0 Å². The zero-order valence-corrected chi connectivity index (χ0v) is 18.3. The van der Waals surface area contributed by atoms with Crippen LogP contribution < -0.4 is 10.6 Å². The number of hydrogen-bond acceptors (Lipinski definition) is 5. The molecule has 1 fully saturated rings. The zero-order valence-electron chi connectivity index (χ0n) is 15.9. The van der Waals surface area contributed by atoms with Gasteiger partial charge in [-0.1, -0.05) is 23.2 Å². The van der Waals surface area contributed by atoms with Crippen LogP contribution in [0.25, 0.3) is 0 Å². The lowest BCUT2D eigenvalue weighted by Crippen LogP contribution is -2.40. The average Bonchev–Trinajstić information content (AvgIpc) is 2.70. The van der Waals surface area contributed by atoms with E-state index in [1.54, 1.807) is 6.07 Å².